The van der Waals surface area contributed by atoms with Gasteiger partial charge in [-0.15, -0.1) is 35.3 Å². The van der Waals surface area contributed by atoms with Crippen molar-refractivity contribution in [3.8, 4) is 0 Å². The van der Waals surface area contributed by atoms with E-state index in [1.54, 1.807) is 11.3 Å². The number of anilines is 1. The van der Waals surface area contributed by atoms with E-state index in [4.69, 9.17) is 4.99 Å². The fourth-order valence-electron chi connectivity index (χ4n) is 3.25. The van der Waals surface area contributed by atoms with E-state index in [2.05, 4.69) is 63.2 Å². The van der Waals surface area contributed by atoms with Crippen LogP contribution in [0.5, 0.6) is 0 Å². The van der Waals surface area contributed by atoms with E-state index in [0.29, 0.717) is 5.92 Å². The topological polar surface area (TPSA) is 52.6 Å². The maximum Gasteiger partial charge on any atom is 0.191 e. The Labute approximate surface area is 183 Å². The number of hydrogen-bond donors (Lipinski definition) is 2. The second-order valence-corrected chi connectivity index (χ2v) is 7.75. The molecule has 1 unspecified atom stereocenters. The highest BCUT2D eigenvalue weighted by Gasteiger charge is 2.22. The van der Waals surface area contributed by atoms with Crippen molar-refractivity contribution in [2.24, 2.45) is 10.9 Å². The highest BCUT2D eigenvalue weighted by Crippen LogP contribution is 2.23. The van der Waals surface area contributed by atoms with Gasteiger partial charge in [-0.1, -0.05) is 18.2 Å². The molecule has 5 nitrogen and oxygen atoms in total. The van der Waals surface area contributed by atoms with Gasteiger partial charge in [-0.25, -0.2) is 4.98 Å². The Kier molecular flexibility index (Phi) is 9.33. The molecule has 0 aliphatic carbocycles. The molecular weight excluding hydrogens is 469 g/mol. The smallest absolute Gasteiger partial charge is 0.191 e. The summed E-state index contributed by atoms with van der Waals surface area (Å²) in [7, 11) is 0. The first-order valence-corrected chi connectivity index (χ1v) is 10.4. The Bertz CT molecular complexity index is 703. The largest absolute Gasteiger partial charge is 0.371 e. The number of aromatic nitrogens is 1. The molecule has 2 N–H and O–H groups in total. The Balaban J connectivity index is 0.00000261. The molecule has 1 aliphatic rings. The van der Waals surface area contributed by atoms with Gasteiger partial charge in [-0.2, -0.15) is 0 Å². The van der Waals surface area contributed by atoms with Crippen LogP contribution in [0.3, 0.4) is 0 Å². The Morgan fingerprint density at radius 1 is 1.30 bits per heavy atom. The van der Waals surface area contributed by atoms with E-state index >= 15 is 0 Å². The molecule has 1 fully saturated rings. The third kappa shape index (κ3) is 6.95. The summed E-state index contributed by atoms with van der Waals surface area (Å²) in [6, 6.07) is 10.7. The molecule has 0 radical (unpaired) electrons. The number of halogens is 1. The fourth-order valence-corrected chi connectivity index (χ4v) is 3.90. The molecule has 27 heavy (non-hydrogen) atoms. The van der Waals surface area contributed by atoms with Crippen molar-refractivity contribution in [2.45, 2.75) is 26.7 Å². The number of aliphatic imine (C=N–C) groups is 1. The van der Waals surface area contributed by atoms with Crippen LogP contribution in [0.2, 0.25) is 0 Å². The molecule has 1 atom stereocenters. The zero-order chi connectivity index (χ0) is 18.2. The van der Waals surface area contributed by atoms with Crippen LogP contribution in [0.4, 0.5) is 5.69 Å². The van der Waals surface area contributed by atoms with Crippen molar-refractivity contribution < 1.29 is 0 Å². The number of nitrogens with one attached hydrogen (secondary N) is 2. The Morgan fingerprint density at radius 3 is 2.81 bits per heavy atom. The molecule has 1 aromatic carbocycles. The molecule has 1 saturated heterocycles. The lowest BCUT2D eigenvalue weighted by molar-refractivity contribution is 0.599. The van der Waals surface area contributed by atoms with Gasteiger partial charge in [0.1, 0.15) is 0 Å². The molecule has 148 valence electrons. The molecular formula is C20H30IN5S. The summed E-state index contributed by atoms with van der Waals surface area (Å²) in [6.07, 6.45) is 2.13. The van der Waals surface area contributed by atoms with Crippen molar-refractivity contribution in [1.29, 1.82) is 0 Å². The average molecular weight is 499 g/mol. The van der Waals surface area contributed by atoms with Crippen LogP contribution in [0.25, 0.3) is 0 Å². The Hall–Kier alpha value is -1.35. The third-order valence-corrected chi connectivity index (χ3v) is 5.42. The summed E-state index contributed by atoms with van der Waals surface area (Å²) in [5.74, 6) is 1.53. The SMILES string of the molecule is CCNC(=NCC1CCN(c2ccccc2)C1)NCCc1csc(C)n1.I. The average Bonchev–Trinajstić information content (AvgIpc) is 3.29. The van der Waals surface area contributed by atoms with Gasteiger partial charge in [0.05, 0.1) is 10.7 Å². The molecule has 1 aromatic heterocycles. The first-order valence-electron chi connectivity index (χ1n) is 9.47. The standard InChI is InChI=1S/C20H29N5S.HI/c1-3-21-20(22-11-9-18-15-26-16(2)24-18)23-13-17-10-12-25(14-17)19-7-5-4-6-8-19;/h4-8,15,17H,3,9-14H2,1-2H3,(H2,21,22,23);1H. The lowest BCUT2D eigenvalue weighted by Gasteiger charge is -2.18. The number of hydrogen-bond acceptors (Lipinski definition) is 4. The van der Waals surface area contributed by atoms with Crippen molar-refractivity contribution >= 4 is 47.0 Å². The number of rotatable bonds is 7. The maximum atomic E-state index is 4.81. The summed E-state index contributed by atoms with van der Waals surface area (Å²) in [6.45, 7) is 8.97. The van der Waals surface area contributed by atoms with Gasteiger partial charge >= 0.3 is 0 Å². The van der Waals surface area contributed by atoms with Gasteiger partial charge in [0.25, 0.3) is 0 Å². The number of para-hydroxylation sites is 1. The quantitative estimate of drug-likeness (QED) is 0.347. The van der Waals surface area contributed by atoms with Gasteiger partial charge in [-0.05, 0) is 38.3 Å². The van der Waals surface area contributed by atoms with Crippen LogP contribution in [0.1, 0.15) is 24.0 Å². The summed E-state index contributed by atoms with van der Waals surface area (Å²) in [5, 5.41) is 10.0. The van der Waals surface area contributed by atoms with E-state index in [9.17, 15) is 0 Å². The second kappa shape index (κ2) is 11.5. The second-order valence-electron chi connectivity index (χ2n) is 6.69. The third-order valence-electron chi connectivity index (χ3n) is 4.60. The first-order chi connectivity index (χ1) is 12.7. The normalized spacial score (nSPS) is 16.9. The van der Waals surface area contributed by atoms with Gasteiger partial charge in [0.15, 0.2) is 5.96 Å². The van der Waals surface area contributed by atoms with Gasteiger partial charge in [0, 0.05) is 50.2 Å². The van der Waals surface area contributed by atoms with Crippen molar-refractivity contribution in [2.75, 3.05) is 37.6 Å². The predicted molar refractivity (Wildman–Crippen MR) is 127 cm³/mol. The summed E-state index contributed by atoms with van der Waals surface area (Å²) in [5.41, 5.74) is 2.48. The van der Waals surface area contributed by atoms with Crippen LogP contribution in [-0.2, 0) is 6.42 Å². The maximum absolute atomic E-state index is 4.81. The highest BCUT2D eigenvalue weighted by molar-refractivity contribution is 14.0. The molecule has 2 aromatic rings. The molecule has 1 aliphatic heterocycles. The minimum atomic E-state index is 0. The molecule has 0 amide bonds. The van der Waals surface area contributed by atoms with Crippen molar-refractivity contribution in [1.82, 2.24) is 15.6 Å². The van der Waals surface area contributed by atoms with Crippen LogP contribution in [-0.4, -0.2) is 43.7 Å². The van der Waals surface area contributed by atoms with Crippen LogP contribution in [0, 0.1) is 12.8 Å². The summed E-state index contributed by atoms with van der Waals surface area (Å²) >= 11 is 1.71. The van der Waals surface area contributed by atoms with Crippen LogP contribution >= 0.6 is 35.3 Å². The molecule has 0 bridgehead atoms. The molecule has 2 heterocycles. The van der Waals surface area contributed by atoms with Crippen molar-refractivity contribution in [3.05, 3.63) is 46.4 Å². The van der Waals surface area contributed by atoms with Gasteiger partial charge < -0.3 is 15.5 Å². The molecule has 0 saturated carbocycles. The van der Waals surface area contributed by atoms with Gasteiger partial charge in [-0.3, -0.25) is 4.99 Å². The number of nitrogens with zero attached hydrogens (tertiary/aromatic N) is 3. The monoisotopic (exact) mass is 499 g/mol. The Morgan fingerprint density at radius 2 is 2.11 bits per heavy atom. The van der Waals surface area contributed by atoms with E-state index in [1.807, 2.05) is 6.92 Å². The minimum absolute atomic E-state index is 0. The van der Waals surface area contributed by atoms with Crippen LogP contribution in [0.15, 0.2) is 40.7 Å². The van der Waals surface area contributed by atoms with E-state index in [0.717, 1.165) is 55.8 Å². The van der Waals surface area contributed by atoms with Crippen LogP contribution < -0.4 is 15.5 Å². The molecule has 7 heteroatoms. The number of guanidine groups is 1. The van der Waals surface area contributed by atoms with E-state index in [1.165, 1.54) is 12.1 Å². The number of aryl methyl sites for hydroxylation is 1. The fraction of sp³-hybridized carbons (Fsp3) is 0.500. The number of thiazole rings is 1. The van der Waals surface area contributed by atoms with Crippen molar-refractivity contribution in [3.63, 3.8) is 0 Å². The highest BCUT2D eigenvalue weighted by atomic mass is 127. The van der Waals surface area contributed by atoms with Gasteiger partial charge in [0.2, 0.25) is 0 Å². The predicted octanol–water partition coefficient (Wildman–Crippen LogP) is 3.69. The summed E-state index contributed by atoms with van der Waals surface area (Å²) in [4.78, 5) is 11.8. The molecule has 0 spiro atoms. The summed E-state index contributed by atoms with van der Waals surface area (Å²) < 4.78 is 0. The number of benzene rings is 1. The van der Waals surface area contributed by atoms with E-state index in [-0.39, 0.29) is 24.0 Å². The first kappa shape index (κ1) is 21.9. The zero-order valence-corrected chi connectivity index (χ0v) is 19.3. The van der Waals surface area contributed by atoms with E-state index < -0.39 is 0 Å². The minimum Gasteiger partial charge on any atom is -0.371 e. The molecule has 3 rings (SSSR count). The lowest BCUT2D eigenvalue weighted by atomic mass is 10.1. The lowest BCUT2D eigenvalue weighted by Crippen LogP contribution is -2.38. The zero-order valence-electron chi connectivity index (χ0n) is 16.1.